The van der Waals surface area contributed by atoms with E-state index in [1.54, 1.807) is 0 Å². The van der Waals surface area contributed by atoms with Crippen LogP contribution in [0.5, 0.6) is 0 Å². The van der Waals surface area contributed by atoms with Crippen molar-refractivity contribution in [3.05, 3.63) is 11.3 Å². The van der Waals surface area contributed by atoms with Crippen molar-refractivity contribution in [2.75, 3.05) is 11.4 Å². The van der Waals surface area contributed by atoms with Gasteiger partial charge in [0, 0.05) is 19.6 Å². The van der Waals surface area contributed by atoms with Crippen molar-refractivity contribution in [1.82, 2.24) is 9.78 Å². The molecule has 0 saturated heterocycles. The first-order chi connectivity index (χ1) is 9.41. The highest BCUT2D eigenvalue weighted by Gasteiger charge is 2.29. The Kier molecular flexibility index (Phi) is 4.68. The van der Waals surface area contributed by atoms with Gasteiger partial charge < -0.3 is 10.6 Å². The van der Waals surface area contributed by atoms with E-state index in [9.17, 15) is 0 Å². The van der Waals surface area contributed by atoms with Gasteiger partial charge in [0.15, 0.2) is 0 Å². The maximum atomic E-state index is 5.95. The quantitative estimate of drug-likeness (QED) is 0.848. The van der Waals surface area contributed by atoms with Gasteiger partial charge in [0.05, 0.1) is 11.3 Å². The fraction of sp³-hybridized carbons (Fsp3) is 0.733. The van der Waals surface area contributed by atoms with E-state index in [1.165, 1.54) is 25.7 Å². The molecule has 1 aromatic heterocycles. The van der Waals surface area contributed by atoms with E-state index in [-0.39, 0.29) is 0 Å². The minimum atomic E-state index is 0.456. The van der Waals surface area contributed by atoms with Crippen LogP contribution in [0.15, 0.2) is 0 Å². The molecule has 1 heterocycles. The number of aryl methyl sites for hydroxylation is 2. The lowest BCUT2D eigenvalue weighted by molar-refractivity contribution is 0.520. The molecule has 0 aliphatic heterocycles. The molecule has 4 nitrogen and oxygen atoms in total. The van der Waals surface area contributed by atoms with Gasteiger partial charge in [0.2, 0.25) is 0 Å². The van der Waals surface area contributed by atoms with Gasteiger partial charge in [-0.05, 0) is 25.7 Å². The van der Waals surface area contributed by atoms with Crippen molar-refractivity contribution in [2.24, 2.45) is 18.7 Å². The summed E-state index contributed by atoms with van der Waals surface area (Å²) in [6.45, 7) is 7.52. The zero-order valence-corrected chi connectivity index (χ0v) is 13.8. The first kappa shape index (κ1) is 15.3. The van der Waals surface area contributed by atoms with Gasteiger partial charge in [-0.25, -0.2) is 0 Å². The standard InChI is InChI=1S/C15H26N4S/c1-10(2)9-19(12-7-5-6-8-12)15-13(14(16)20)11(3)17-18(15)4/h10,12H,5-9H2,1-4H3,(H2,16,20). The van der Waals surface area contributed by atoms with E-state index in [4.69, 9.17) is 18.0 Å². The Balaban J connectivity index is 2.44. The molecule has 2 rings (SSSR count). The highest BCUT2D eigenvalue weighted by Crippen LogP contribution is 2.32. The van der Waals surface area contributed by atoms with E-state index in [1.807, 2.05) is 18.7 Å². The third-order valence-electron chi connectivity index (χ3n) is 4.04. The molecule has 1 fully saturated rings. The smallest absolute Gasteiger partial charge is 0.137 e. The molecule has 1 saturated carbocycles. The third kappa shape index (κ3) is 2.97. The summed E-state index contributed by atoms with van der Waals surface area (Å²) in [6, 6.07) is 0.597. The van der Waals surface area contributed by atoms with E-state index in [0.717, 1.165) is 23.6 Å². The summed E-state index contributed by atoms with van der Waals surface area (Å²) in [7, 11) is 1.99. The Morgan fingerprint density at radius 1 is 1.45 bits per heavy atom. The van der Waals surface area contributed by atoms with Gasteiger partial charge in [-0.3, -0.25) is 4.68 Å². The summed E-state index contributed by atoms with van der Waals surface area (Å²) < 4.78 is 1.95. The molecular weight excluding hydrogens is 268 g/mol. The predicted molar refractivity (Wildman–Crippen MR) is 88.3 cm³/mol. The maximum absolute atomic E-state index is 5.95. The molecule has 0 spiro atoms. The van der Waals surface area contributed by atoms with Crippen LogP contribution in [0.1, 0.15) is 50.8 Å². The minimum Gasteiger partial charge on any atom is -0.389 e. The summed E-state index contributed by atoms with van der Waals surface area (Å²) >= 11 is 5.26. The van der Waals surface area contributed by atoms with E-state index < -0.39 is 0 Å². The molecule has 1 aliphatic carbocycles. The summed E-state index contributed by atoms with van der Waals surface area (Å²) in [5.74, 6) is 1.71. The third-order valence-corrected chi connectivity index (χ3v) is 4.24. The molecule has 0 atom stereocenters. The van der Waals surface area contributed by atoms with Gasteiger partial charge in [0.25, 0.3) is 0 Å². The zero-order valence-electron chi connectivity index (χ0n) is 13.0. The summed E-state index contributed by atoms with van der Waals surface area (Å²) in [4.78, 5) is 2.95. The SMILES string of the molecule is Cc1nn(C)c(N(CC(C)C)C2CCCC2)c1C(N)=S. The molecule has 20 heavy (non-hydrogen) atoms. The number of hydrogen-bond acceptors (Lipinski definition) is 3. The second-order valence-corrected chi connectivity index (χ2v) is 6.70. The first-order valence-electron chi connectivity index (χ1n) is 7.51. The fourth-order valence-electron chi connectivity index (χ4n) is 3.28. The second-order valence-electron chi connectivity index (χ2n) is 6.26. The average Bonchev–Trinajstić information content (AvgIpc) is 2.93. The highest BCUT2D eigenvalue weighted by atomic mass is 32.1. The Morgan fingerprint density at radius 2 is 2.05 bits per heavy atom. The van der Waals surface area contributed by atoms with Gasteiger partial charge in [-0.1, -0.05) is 38.9 Å². The van der Waals surface area contributed by atoms with Crippen molar-refractivity contribution in [3.8, 4) is 0 Å². The zero-order chi connectivity index (χ0) is 14.9. The van der Waals surface area contributed by atoms with Crippen molar-refractivity contribution in [3.63, 3.8) is 0 Å². The number of nitrogens with two attached hydrogens (primary N) is 1. The van der Waals surface area contributed by atoms with Crippen molar-refractivity contribution >= 4 is 23.0 Å². The Bertz CT molecular complexity index is 486. The summed E-state index contributed by atoms with van der Waals surface area (Å²) in [6.07, 6.45) is 5.15. The predicted octanol–water partition coefficient (Wildman–Crippen LogP) is 2.77. The van der Waals surface area contributed by atoms with Crippen LogP contribution in [0, 0.1) is 12.8 Å². The van der Waals surface area contributed by atoms with E-state index in [0.29, 0.717) is 16.9 Å². The molecule has 0 aromatic carbocycles. The topological polar surface area (TPSA) is 47.1 Å². The molecule has 0 amide bonds. The van der Waals surface area contributed by atoms with Crippen molar-refractivity contribution < 1.29 is 0 Å². The molecule has 1 aromatic rings. The number of thiocarbonyl (C=S) groups is 1. The lowest BCUT2D eigenvalue weighted by Gasteiger charge is -2.33. The minimum absolute atomic E-state index is 0.456. The van der Waals surface area contributed by atoms with Gasteiger partial charge >= 0.3 is 0 Å². The number of hydrogen-bond donors (Lipinski definition) is 1. The van der Waals surface area contributed by atoms with Crippen molar-refractivity contribution in [1.29, 1.82) is 0 Å². The molecular formula is C15H26N4S. The monoisotopic (exact) mass is 294 g/mol. The van der Waals surface area contributed by atoms with Gasteiger partial charge in [-0.15, -0.1) is 0 Å². The Labute approximate surface area is 127 Å². The molecule has 5 heteroatoms. The second kappa shape index (κ2) is 6.12. The lowest BCUT2D eigenvalue weighted by atomic mass is 10.1. The van der Waals surface area contributed by atoms with Crippen LogP contribution in [0.3, 0.4) is 0 Å². The fourth-order valence-corrected chi connectivity index (χ4v) is 3.52. The maximum Gasteiger partial charge on any atom is 0.137 e. The van der Waals surface area contributed by atoms with Gasteiger partial charge in [0.1, 0.15) is 10.8 Å². The number of rotatable bonds is 5. The molecule has 0 bridgehead atoms. The van der Waals surface area contributed by atoms with Crippen LogP contribution in [0.2, 0.25) is 0 Å². The lowest BCUT2D eigenvalue weighted by Crippen LogP contribution is -2.38. The van der Waals surface area contributed by atoms with Crippen LogP contribution >= 0.6 is 12.2 Å². The normalized spacial score (nSPS) is 16.1. The average molecular weight is 294 g/mol. The number of aromatic nitrogens is 2. The summed E-state index contributed by atoms with van der Waals surface area (Å²) in [5, 5.41) is 4.54. The van der Waals surface area contributed by atoms with E-state index >= 15 is 0 Å². The van der Waals surface area contributed by atoms with Crippen LogP contribution in [0.4, 0.5) is 5.82 Å². The van der Waals surface area contributed by atoms with Crippen molar-refractivity contribution in [2.45, 2.75) is 52.5 Å². The Morgan fingerprint density at radius 3 is 2.55 bits per heavy atom. The summed E-state index contributed by atoms with van der Waals surface area (Å²) in [5.41, 5.74) is 7.83. The first-order valence-corrected chi connectivity index (χ1v) is 7.92. The van der Waals surface area contributed by atoms with Crippen LogP contribution in [0.25, 0.3) is 0 Å². The molecule has 0 radical (unpaired) electrons. The van der Waals surface area contributed by atoms with Crippen LogP contribution in [-0.2, 0) is 7.05 Å². The molecule has 2 N–H and O–H groups in total. The largest absolute Gasteiger partial charge is 0.389 e. The number of anilines is 1. The number of nitrogens with zero attached hydrogens (tertiary/aromatic N) is 3. The van der Waals surface area contributed by atoms with Crippen LogP contribution < -0.4 is 10.6 Å². The highest BCUT2D eigenvalue weighted by molar-refractivity contribution is 7.80. The molecule has 1 aliphatic rings. The Hall–Kier alpha value is -1.10. The van der Waals surface area contributed by atoms with Gasteiger partial charge in [-0.2, -0.15) is 5.10 Å². The molecule has 112 valence electrons. The van der Waals surface area contributed by atoms with Crippen LogP contribution in [-0.4, -0.2) is 27.4 Å². The molecule has 0 unspecified atom stereocenters. The van der Waals surface area contributed by atoms with E-state index in [2.05, 4.69) is 23.8 Å².